The lowest BCUT2D eigenvalue weighted by Gasteiger charge is -2.33. The Morgan fingerprint density at radius 1 is 1.18 bits per heavy atom. The third-order valence-corrected chi connectivity index (χ3v) is 5.36. The highest BCUT2D eigenvalue weighted by Crippen LogP contribution is 2.27. The second-order valence-corrected chi connectivity index (χ2v) is 8.08. The standard InChI is InChI=1S/C15H18ClN3O2S/c1-22(20,21)15-4-2-13(3-5-15)18-8-6-14(7-9-18)19-11-12(16)10-17-19/h2-5,10-11,14H,6-9H2,1H3. The van der Waals surface area contributed by atoms with Crippen molar-refractivity contribution in [1.29, 1.82) is 0 Å². The fourth-order valence-corrected chi connectivity index (χ4v) is 3.58. The van der Waals surface area contributed by atoms with Gasteiger partial charge >= 0.3 is 0 Å². The molecular formula is C15H18ClN3O2S. The Bertz CT molecular complexity index is 747. The molecule has 5 nitrogen and oxygen atoms in total. The van der Waals surface area contributed by atoms with Crippen LogP contribution in [0.15, 0.2) is 41.6 Å². The summed E-state index contributed by atoms with van der Waals surface area (Å²) in [6.07, 6.45) is 6.74. The van der Waals surface area contributed by atoms with Crippen molar-refractivity contribution >= 4 is 27.1 Å². The van der Waals surface area contributed by atoms with Gasteiger partial charge in [-0.15, -0.1) is 0 Å². The lowest BCUT2D eigenvalue weighted by atomic mass is 10.0. The highest BCUT2D eigenvalue weighted by molar-refractivity contribution is 7.90. The monoisotopic (exact) mass is 339 g/mol. The molecule has 0 atom stereocenters. The van der Waals surface area contributed by atoms with Crippen LogP contribution in [0.1, 0.15) is 18.9 Å². The van der Waals surface area contributed by atoms with E-state index in [4.69, 9.17) is 11.6 Å². The average molecular weight is 340 g/mol. The van der Waals surface area contributed by atoms with Crippen LogP contribution >= 0.6 is 11.6 Å². The van der Waals surface area contributed by atoms with E-state index in [0.717, 1.165) is 31.6 Å². The van der Waals surface area contributed by atoms with Gasteiger partial charge in [0, 0.05) is 31.2 Å². The van der Waals surface area contributed by atoms with E-state index in [1.807, 2.05) is 23.0 Å². The molecule has 3 rings (SSSR count). The average Bonchev–Trinajstić information content (AvgIpc) is 2.93. The topological polar surface area (TPSA) is 55.2 Å². The van der Waals surface area contributed by atoms with Gasteiger partial charge in [-0.1, -0.05) is 11.6 Å². The maximum Gasteiger partial charge on any atom is 0.175 e. The van der Waals surface area contributed by atoms with Gasteiger partial charge in [0.15, 0.2) is 9.84 Å². The molecule has 0 radical (unpaired) electrons. The number of rotatable bonds is 3. The maximum atomic E-state index is 11.5. The predicted molar refractivity (Wildman–Crippen MR) is 87.3 cm³/mol. The van der Waals surface area contributed by atoms with Gasteiger partial charge in [0.25, 0.3) is 0 Å². The largest absolute Gasteiger partial charge is 0.371 e. The lowest BCUT2D eigenvalue weighted by Crippen LogP contribution is -2.34. The van der Waals surface area contributed by atoms with Gasteiger partial charge in [0.1, 0.15) is 0 Å². The third kappa shape index (κ3) is 3.28. The third-order valence-electron chi connectivity index (χ3n) is 4.04. The molecule has 118 valence electrons. The molecular weight excluding hydrogens is 322 g/mol. The lowest BCUT2D eigenvalue weighted by molar-refractivity contribution is 0.367. The first-order chi connectivity index (χ1) is 10.4. The van der Waals surface area contributed by atoms with Crippen LogP contribution in [-0.4, -0.2) is 37.5 Å². The maximum absolute atomic E-state index is 11.5. The summed E-state index contributed by atoms with van der Waals surface area (Å²) in [6, 6.07) is 7.47. The van der Waals surface area contributed by atoms with Gasteiger partial charge in [-0.2, -0.15) is 5.10 Å². The summed E-state index contributed by atoms with van der Waals surface area (Å²) in [5.41, 5.74) is 1.06. The molecule has 1 fully saturated rings. The van der Waals surface area contributed by atoms with Crippen molar-refractivity contribution < 1.29 is 8.42 Å². The van der Waals surface area contributed by atoms with Crippen molar-refractivity contribution in [1.82, 2.24) is 9.78 Å². The molecule has 7 heteroatoms. The zero-order valence-corrected chi connectivity index (χ0v) is 13.9. The van der Waals surface area contributed by atoms with Crippen LogP contribution in [0, 0.1) is 0 Å². The van der Waals surface area contributed by atoms with Crippen molar-refractivity contribution in [2.45, 2.75) is 23.8 Å². The van der Waals surface area contributed by atoms with E-state index < -0.39 is 9.84 Å². The zero-order valence-electron chi connectivity index (χ0n) is 12.3. The van der Waals surface area contributed by atoms with Crippen LogP contribution in [0.3, 0.4) is 0 Å². The smallest absolute Gasteiger partial charge is 0.175 e. The number of hydrogen-bond donors (Lipinski definition) is 0. The SMILES string of the molecule is CS(=O)(=O)c1ccc(N2CCC(n3cc(Cl)cn3)CC2)cc1. The number of piperidine rings is 1. The highest BCUT2D eigenvalue weighted by Gasteiger charge is 2.21. The molecule has 2 aromatic rings. The summed E-state index contributed by atoms with van der Waals surface area (Å²) in [5.74, 6) is 0. The zero-order chi connectivity index (χ0) is 15.7. The summed E-state index contributed by atoms with van der Waals surface area (Å²) in [6.45, 7) is 1.83. The minimum atomic E-state index is -3.14. The Morgan fingerprint density at radius 2 is 1.82 bits per heavy atom. The Hall–Kier alpha value is -1.53. The number of nitrogens with zero attached hydrogens (tertiary/aromatic N) is 3. The highest BCUT2D eigenvalue weighted by atomic mass is 35.5. The number of hydrogen-bond acceptors (Lipinski definition) is 4. The molecule has 0 N–H and O–H groups in total. The van der Waals surface area contributed by atoms with Crippen LogP contribution in [0.25, 0.3) is 0 Å². The summed E-state index contributed by atoms with van der Waals surface area (Å²) >= 11 is 5.91. The van der Waals surface area contributed by atoms with Crippen molar-refractivity contribution in [3.8, 4) is 0 Å². The Morgan fingerprint density at radius 3 is 2.32 bits per heavy atom. The number of aromatic nitrogens is 2. The first-order valence-electron chi connectivity index (χ1n) is 7.18. The van der Waals surface area contributed by atoms with Crippen LogP contribution in [0.2, 0.25) is 5.02 Å². The van der Waals surface area contributed by atoms with E-state index >= 15 is 0 Å². The van der Waals surface area contributed by atoms with Crippen molar-refractivity contribution in [3.05, 3.63) is 41.7 Å². The second-order valence-electron chi connectivity index (χ2n) is 5.62. The number of anilines is 1. The molecule has 2 heterocycles. The van der Waals surface area contributed by atoms with E-state index in [1.165, 1.54) is 6.26 Å². The molecule has 0 unspecified atom stereocenters. The summed E-state index contributed by atoms with van der Waals surface area (Å²) in [5, 5.41) is 4.94. The van der Waals surface area contributed by atoms with Crippen molar-refractivity contribution in [2.24, 2.45) is 0 Å². The first-order valence-corrected chi connectivity index (χ1v) is 9.45. The second kappa shape index (κ2) is 5.93. The van der Waals surface area contributed by atoms with Gasteiger partial charge < -0.3 is 4.90 Å². The Balaban J connectivity index is 1.66. The fraction of sp³-hybridized carbons (Fsp3) is 0.400. The van der Waals surface area contributed by atoms with Crippen molar-refractivity contribution in [3.63, 3.8) is 0 Å². The van der Waals surface area contributed by atoms with E-state index in [9.17, 15) is 8.42 Å². The molecule has 0 aliphatic carbocycles. The van der Waals surface area contributed by atoms with Gasteiger partial charge in [-0.25, -0.2) is 8.42 Å². The predicted octanol–water partition coefficient (Wildman–Crippen LogP) is 2.78. The van der Waals surface area contributed by atoms with Gasteiger partial charge in [-0.3, -0.25) is 4.68 Å². The summed E-state index contributed by atoms with van der Waals surface area (Å²) in [7, 11) is -3.14. The molecule has 0 saturated carbocycles. The molecule has 0 bridgehead atoms. The molecule has 1 aromatic carbocycles. The minimum absolute atomic E-state index is 0.359. The fourth-order valence-electron chi connectivity index (χ4n) is 2.81. The molecule has 0 amide bonds. The molecule has 1 aromatic heterocycles. The first kappa shape index (κ1) is 15.4. The van der Waals surface area contributed by atoms with Crippen LogP contribution in [0.4, 0.5) is 5.69 Å². The summed E-state index contributed by atoms with van der Waals surface area (Å²) in [4.78, 5) is 2.63. The summed E-state index contributed by atoms with van der Waals surface area (Å²) < 4.78 is 24.9. The molecule has 1 aliphatic rings. The van der Waals surface area contributed by atoms with E-state index in [0.29, 0.717) is 16.0 Å². The normalized spacial score (nSPS) is 16.9. The van der Waals surface area contributed by atoms with Crippen LogP contribution in [0.5, 0.6) is 0 Å². The van der Waals surface area contributed by atoms with Gasteiger partial charge in [-0.05, 0) is 37.1 Å². The molecule has 1 aliphatic heterocycles. The Labute approximate surface area is 135 Å². The van der Waals surface area contributed by atoms with E-state index in [2.05, 4.69) is 10.00 Å². The molecule has 0 spiro atoms. The number of halogens is 1. The molecule has 1 saturated heterocycles. The van der Waals surface area contributed by atoms with E-state index in [-0.39, 0.29) is 0 Å². The minimum Gasteiger partial charge on any atom is -0.371 e. The molecule has 22 heavy (non-hydrogen) atoms. The van der Waals surface area contributed by atoms with E-state index in [1.54, 1.807) is 18.3 Å². The quantitative estimate of drug-likeness (QED) is 0.862. The Kier molecular flexibility index (Phi) is 4.14. The number of sulfone groups is 1. The van der Waals surface area contributed by atoms with Crippen LogP contribution in [-0.2, 0) is 9.84 Å². The van der Waals surface area contributed by atoms with Crippen LogP contribution < -0.4 is 4.90 Å². The van der Waals surface area contributed by atoms with Gasteiger partial charge in [0.05, 0.1) is 22.2 Å². The van der Waals surface area contributed by atoms with Crippen molar-refractivity contribution in [2.75, 3.05) is 24.2 Å². The van der Waals surface area contributed by atoms with Gasteiger partial charge in [0.2, 0.25) is 0 Å². The number of benzene rings is 1.